The van der Waals surface area contributed by atoms with E-state index in [1.165, 1.54) is 0 Å². The van der Waals surface area contributed by atoms with Gasteiger partial charge in [0.2, 0.25) is 0 Å². The summed E-state index contributed by atoms with van der Waals surface area (Å²) in [6.45, 7) is 4.02. The Bertz CT molecular complexity index is 360. The topological polar surface area (TPSA) is 36.9 Å². The Morgan fingerprint density at radius 2 is 1.47 bits per heavy atom. The van der Waals surface area contributed by atoms with Crippen molar-refractivity contribution >= 4 is 15.9 Å². The average molecular weight is 331 g/mol. The lowest BCUT2D eigenvalue weighted by molar-refractivity contribution is -0.0681. The van der Waals surface area contributed by atoms with Crippen LogP contribution in [0.1, 0.15) is 11.7 Å². The van der Waals surface area contributed by atoms with Crippen LogP contribution in [0.3, 0.4) is 0 Å². The first kappa shape index (κ1) is 14.9. The van der Waals surface area contributed by atoms with Crippen LogP contribution in [0, 0.1) is 0 Å². The van der Waals surface area contributed by atoms with Gasteiger partial charge in [-0.15, -0.1) is 0 Å². The molecule has 5 heteroatoms. The summed E-state index contributed by atoms with van der Waals surface area (Å²) in [5.41, 5.74) is 1.10. The van der Waals surface area contributed by atoms with E-state index in [9.17, 15) is 0 Å². The zero-order chi connectivity index (χ0) is 13.3. The Morgan fingerprint density at radius 1 is 0.842 bits per heavy atom. The lowest BCUT2D eigenvalue weighted by atomic mass is 10.1. The van der Waals surface area contributed by atoms with Gasteiger partial charge >= 0.3 is 0 Å². The SMILES string of the molecule is Brc1ccccc1C1COCCOCCOCCO1. The van der Waals surface area contributed by atoms with Crippen LogP contribution in [0.5, 0.6) is 0 Å². The summed E-state index contributed by atoms with van der Waals surface area (Å²) < 4.78 is 23.3. The van der Waals surface area contributed by atoms with E-state index in [-0.39, 0.29) is 6.10 Å². The van der Waals surface area contributed by atoms with Gasteiger partial charge in [0.05, 0.1) is 46.2 Å². The third-order valence-electron chi connectivity index (χ3n) is 2.81. The highest BCUT2D eigenvalue weighted by Crippen LogP contribution is 2.26. The molecule has 1 aliphatic heterocycles. The minimum atomic E-state index is -0.0846. The van der Waals surface area contributed by atoms with Crippen LogP contribution in [-0.2, 0) is 18.9 Å². The van der Waals surface area contributed by atoms with E-state index >= 15 is 0 Å². The highest BCUT2D eigenvalue weighted by molar-refractivity contribution is 9.10. The standard InChI is InChI=1S/C14H19BrO4/c15-13-4-2-1-3-12(13)14-11-18-8-7-16-5-6-17-9-10-19-14/h1-4,14H,5-11H2. The van der Waals surface area contributed by atoms with Crippen molar-refractivity contribution in [3.05, 3.63) is 34.3 Å². The molecule has 0 N–H and O–H groups in total. The van der Waals surface area contributed by atoms with Crippen LogP contribution < -0.4 is 0 Å². The molecule has 4 nitrogen and oxygen atoms in total. The lowest BCUT2D eigenvalue weighted by Crippen LogP contribution is -2.19. The predicted octanol–water partition coefficient (Wildman–Crippen LogP) is 2.57. The second-order valence-corrected chi connectivity index (χ2v) is 5.03. The smallest absolute Gasteiger partial charge is 0.107 e. The molecule has 1 heterocycles. The van der Waals surface area contributed by atoms with Crippen molar-refractivity contribution in [3.8, 4) is 0 Å². The number of ether oxygens (including phenoxy) is 4. The molecule has 1 aromatic carbocycles. The average Bonchev–Trinajstić information content (AvgIpc) is 2.40. The lowest BCUT2D eigenvalue weighted by Gasteiger charge is -2.20. The van der Waals surface area contributed by atoms with Crippen LogP contribution in [0.4, 0.5) is 0 Å². The highest BCUT2D eigenvalue weighted by atomic mass is 79.9. The first-order valence-electron chi connectivity index (χ1n) is 6.47. The molecule has 0 amide bonds. The van der Waals surface area contributed by atoms with Gasteiger partial charge in [-0.1, -0.05) is 34.1 Å². The van der Waals surface area contributed by atoms with E-state index in [1.54, 1.807) is 0 Å². The Labute approximate surface area is 122 Å². The van der Waals surface area contributed by atoms with Gasteiger partial charge in [-0.2, -0.15) is 0 Å². The fraction of sp³-hybridized carbons (Fsp3) is 0.571. The summed E-state index contributed by atoms with van der Waals surface area (Å²) in [5.74, 6) is 0. The minimum Gasteiger partial charge on any atom is -0.377 e. The van der Waals surface area contributed by atoms with Crippen LogP contribution in [-0.4, -0.2) is 46.2 Å². The summed E-state index contributed by atoms with van der Waals surface area (Å²) in [7, 11) is 0. The summed E-state index contributed by atoms with van der Waals surface area (Å²) in [4.78, 5) is 0. The number of hydrogen-bond donors (Lipinski definition) is 0. The Morgan fingerprint density at radius 3 is 2.21 bits per heavy atom. The third-order valence-corrected chi connectivity index (χ3v) is 3.53. The fourth-order valence-electron chi connectivity index (χ4n) is 1.84. The zero-order valence-corrected chi connectivity index (χ0v) is 12.4. The Hall–Kier alpha value is -0.460. The predicted molar refractivity (Wildman–Crippen MR) is 75.3 cm³/mol. The molecule has 19 heavy (non-hydrogen) atoms. The van der Waals surface area contributed by atoms with E-state index in [0.717, 1.165) is 10.0 Å². The highest BCUT2D eigenvalue weighted by Gasteiger charge is 2.15. The van der Waals surface area contributed by atoms with Gasteiger partial charge in [-0.25, -0.2) is 0 Å². The van der Waals surface area contributed by atoms with Crippen LogP contribution in [0.25, 0.3) is 0 Å². The van der Waals surface area contributed by atoms with Crippen molar-refractivity contribution in [2.75, 3.05) is 46.2 Å². The quantitative estimate of drug-likeness (QED) is 0.793. The molecule has 0 radical (unpaired) electrons. The maximum atomic E-state index is 5.86. The van der Waals surface area contributed by atoms with Crippen molar-refractivity contribution < 1.29 is 18.9 Å². The van der Waals surface area contributed by atoms with E-state index < -0.39 is 0 Å². The van der Waals surface area contributed by atoms with Crippen molar-refractivity contribution in [1.82, 2.24) is 0 Å². The van der Waals surface area contributed by atoms with Gasteiger partial charge in [0.15, 0.2) is 0 Å². The third kappa shape index (κ3) is 5.20. The van der Waals surface area contributed by atoms with Crippen molar-refractivity contribution in [3.63, 3.8) is 0 Å². The molecular formula is C14H19BrO4. The largest absolute Gasteiger partial charge is 0.377 e. The second-order valence-electron chi connectivity index (χ2n) is 4.18. The normalized spacial score (nSPS) is 23.3. The minimum absolute atomic E-state index is 0.0846. The summed E-state index contributed by atoms with van der Waals surface area (Å²) in [6, 6.07) is 8.04. The fourth-order valence-corrected chi connectivity index (χ4v) is 2.38. The van der Waals surface area contributed by atoms with E-state index in [1.807, 2.05) is 24.3 Å². The maximum absolute atomic E-state index is 5.86. The Balaban J connectivity index is 1.97. The molecule has 2 rings (SSSR count). The molecule has 0 aliphatic carbocycles. The van der Waals surface area contributed by atoms with Gasteiger partial charge in [0.1, 0.15) is 6.10 Å². The monoisotopic (exact) mass is 330 g/mol. The van der Waals surface area contributed by atoms with E-state index in [2.05, 4.69) is 15.9 Å². The second kappa shape index (κ2) is 8.66. The molecule has 106 valence electrons. The maximum Gasteiger partial charge on any atom is 0.107 e. The van der Waals surface area contributed by atoms with Crippen LogP contribution >= 0.6 is 15.9 Å². The molecule has 0 bridgehead atoms. The van der Waals surface area contributed by atoms with Gasteiger partial charge in [-0.3, -0.25) is 0 Å². The van der Waals surface area contributed by atoms with Crippen molar-refractivity contribution in [1.29, 1.82) is 0 Å². The van der Waals surface area contributed by atoms with Gasteiger partial charge < -0.3 is 18.9 Å². The molecule has 0 saturated carbocycles. The number of benzene rings is 1. The van der Waals surface area contributed by atoms with Crippen molar-refractivity contribution in [2.45, 2.75) is 6.10 Å². The van der Waals surface area contributed by atoms with E-state index in [4.69, 9.17) is 18.9 Å². The van der Waals surface area contributed by atoms with Crippen molar-refractivity contribution in [2.24, 2.45) is 0 Å². The molecular weight excluding hydrogens is 312 g/mol. The molecule has 0 spiro atoms. The van der Waals surface area contributed by atoms with Gasteiger partial charge in [0.25, 0.3) is 0 Å². The molecule has 1 unspecified atom stereocenters. The molecule has 1 aliphatic rings. The van der Waals surface area contributed by atoms with Gasteiger partial charge in [0, 0.05) is 4.47 Å². The molecule has 1 fully saturated rings. The first-order valence-corrected chi connectivity index (χ1v) is 7.26. The Kier molecular flexibility index (Phi) is 6.81. The van der Waals surface area contributed by atoms with Crippen LogP contribution in [0.2, 0.25) is 0 Å². The zero-order valence-electron chi connectivity index (χ0n) is 10.8. The van der Waals surface area contributed by atoms with Crippen LogP contribution in [0.15, 0.2) is 28.7 Å². The first-order chi connectivity index (χ1) is 9.38. The molecule has 1 atom stereocenters. The molecule has 1 saturated heterocycles. The number of halogens is 1. The summed E-state index contributed by atoms with van der Waals surface area (Å²) >= 11 is 3.55. The van der Waals surface area contributed by atoms with Gasteiger partial charge in [-0.05, 0) is 11.6 Å². The number of hydrogen-bond acceptors (Lipinski definition) is 4. The molecule has 0 aromatic heterocycles. The number of rotatable bonds is 1. The molecule has 1 aromatic rings. The summed E-state index contributed by atoms with van der Waals surface area (Å²) in [5, 5.41) is 0. The summed E-state index contributed by atoms with van der Waals surface area (Å²) in [6.07, 6.45) is -0.0846. The van der Waals surface area contributed by atoms with E-state index in [0.29, 0.717) is 46.2 Å².